The molecule has 1 N–H and O–H groups in total. The van der Waals surface area contributed by atoms with Crippen molar-refractivity contribution in [3.63, 3.8) is 0 Å². The Morgan fingerprint density at radius 1 is 1.60 bits per heavy atom. The maximum atomic E-state index is 10.0. The van der Waals surface area contributed by atoms with E-state index in [-0.39, 0.29) is 0 Å². The minimum absolute atomic E-state index is 0.497. The Morgan fingerprint density at radius 3 is 2.80 bits per heavy atom. The molecule has 0 aliphatic carbocycles. The van der Waals surface area contributed by atoms with Crippen LogP contribution >= 0.6 is 15.9 Å². The van der Waals surface area contributed by atoms with Gasteiger partial charge in [-0.2, -0.15) is 5.10 Å². The smallest absolute Gasteiger partial charge is 0.109 e. The lowest BCUT2D eigenvalue weighted by Gasteiger charge is -2.17. The van der Waals surface area contributed by atoms with Gasteiger partial charge in [-0.3, -0.25) is 4.68 Å². The van der Waals surface area contributed by atoms with Crippen LogP contribution in [-0.2, 0) is 6.54 Å². The highest BCUT2D eigenvalue weighted by Gasteiger charge is 2.17. The van der Waals surface area contributed by atoms with Crippen LogP contribution in [0.3, 0.4) is 0 Å². The first-order valence-electron chi connectivity index (χ1n) is 5.10. The maximum Gasteiger partial charge on any atom is 0.109 e. The number of hydrogen-bond acceptors (Lipinski definition) is 3. The standard InChI is InChI=1S/C10H18BrN3O/c1-4-5-14-10(8(11)6-12-14)9(15)7-13(2)3/h6,9,15H,4-5,7H2,1-3H3. The normalized spacial score (nSPS) is 13.5. The topological polar surface area (TPSA) is 41.3 Å². The summed E-state index contributed by atoms with van der Waals surface area (Å²) in [5.41, 5.74) is 0.866. The van der Waals surface area contributed by atoms with E-state index in [1.54, 1.807) is 6.20 Å². The molecule has 0 aliphatic heterocycles. The van der Waals surface area contributed by atoms with E-state index in [0.717, 1.165) is 23.1 Å². The summed E-state index contributed by atoms with van der Waals surface area (Å²) in [6.07, 6.45) is 2.25. The first kappa shape index (κ1) is 12.7. The summed E-state index contributed by atoms with van der Waals surface area (Å²) in [4.78, 5) is 1.96. The third kappa shape index (κ3) is 3.29. The van der Waals surface area contributed by atoms with Crippen LogP contribution in [0, 0.1) is 0 Å². The molecule has 15 heavy (non-hydrogen) atoms. The monoisotopic (exact) mass is 275 g/mol. The first-order chi connectivity index (χ1) is 7.06. The van der Waals surface area contributed by atoms with Crippen molar-refractivity contribution in [2.45, 2.75) is 26.0 Å². The molecule has 0 spiro atoms. The molecule has 1 heterocycles. The molecule has 0 aromatic carbocycles. The predicted molar refractivity (Wildman–Crippen MR) is 63.7 cm³/mol. The summed E-state index contributed by atoms with van der Waals surface area (Å²) < 4.78 is 2.74. The summed E-state index contributed by atoms with van der Waals surface area (Å²) in [5.74, 6) is 0. The van der Waals surface area contributed by atoms with E-state index in [9.17, 15) is 5.11 Å². The number of aryl methyl sites for hydroxylation is 1. The average Bonchev–Trinajstić information content (AvgIpc) is 2.46. The van der Waals surface area contributed by atoms with Crippen LogP contribution in [0.5, 0.6) is 0 Å². The van der Waals surface area contributed by atoms with Gasteiger partial charge in [0.05, 0.1) is 16.4 Å². The van der Waals surface area contributed by atoms with Crippen molar-refractivity contribution in [2.75, 3.05) is 20.6 Å². The Bertz CT molecular complexity index is 312. The summed E-state index contributed by atoms with van der Waals surface area (Å²) in [6.45, 7) is 3.54. The van der Waals surface area contributed by atoms with Gasteiger partial charge in [-0.05, 0) is 36.4 Å². The van der Waals surface area contributed by atoms with E-state index in [4.69, 9.17) is 0 Å². The fraction of sp³-hybridized carbons (Fsp3) is 0.700. The van der Waals surface area contributed by atoms with E-state index in [1.165, 1.54) is 0 Å². The van der Waals surface area contributed by atoms with Crippen LogP contribution in [0.2, 0.25) is 0 Å². The van der Waals surface area contributed by atoms with Crippen LogP contribution in [0.4, 0.5) is 0 Å². The summed E-state index contributed by atoms with van der Waals surface area (Å²) in [7, 11) is 3.88. The molecule has 86 valence electrons. The summed E-state index contributed by atoms with van der Waals surface area (Å²) in [6, 6.07) is 0. The van der Waals surface area contributed by atoms with Crippen LogP contribution < -0.4 is 0 Å². The number of nitrogens with zero attached hydrogens (tertiary/aromatic N) is 3. The summed E-state index contributed by atoms with van der Waals surface area (Å²) in [5, 5.41) is 14.3. The molecule has 0 bridgehead atoms. The molecule has 1 aromatic heterocycles. The lowest BCUT2D eigenvalue weighted by molar-refractivity contribution is 0.128. The van der Waals surface area contributed by atoms with E-state index in [0.29, 0.717) is 6.54 Å². The second-order valence-corrected chi connectivity index (χ2v) is 4.73. The Kier molecular flexibility index (Phi) is 4.76. The fourth-order valence-corrected chi connectivity index (χ4v) is 2.09. The zero-order chi connectivity index (χ0) is 11.4. The Morgan fingerprint density at radius 2 is 2.27 bits per heavy atom. The second kappa shape index (κ2) is 5.63. The predicted octanol–water partition coefficient (Wildman–Crippen LogP) is 1.65. The zero-order valence-corrected chi connectivity index (χ0v) is 11.0. The van der Waals surface area contributed by atoms with Gasteiger partial charge in [0.25, 0.3) is 0 Å². The molecule has 0 fully saturated rings. The highest BCUT2D eigenvalue weighted by molar-refractivity contribution is 9.10. The van der Waals surface area contributed by atoms with Crippen molar-refractivity contribution in [1.29, 1.82) is 0 Å². The molecule has 0 saturated heterocycles. The second-order valence-electron chi connectivity index (χ2n) is 3.88. The molecule has 0 radical (unpaired) electrons. The van der Waals surface area contributed by atoms with E-state index < -0.39 is 6.10 Å². The van der Waals surface area contributed by atoms with E-state index in [2.05, 4.69) is 28.0 Å². The molecule has 1 aromatic rings. The van der Waals surface area contributed by atoms with Crippen LogP contribution in [-0.4, -0.2) is 40.4 Å². The largest absolute Gasteiger partial charge is 0.385 e. The Balaban J connectivity index is 2.85. The number of rotatable bonds is 5. The number of aliphatic hydroxyl groups excluding tert-OH is 1. The molecular weight excluding hydrogens is 258 g/mol. The molecule has 0 amide bonds. The molecule has 5 heteroatoms. The van der Waals surface area contributed by atoms with Gasteiger partial charge in [0, 0.05) is 13.1 Å². The number of halogens is 1. The zero-order valence-electron chi connectivity index (χ0n) is 9.44. The highest BCUT2D eigenvalue weighted by Crippen LogP contribution is 2.23. The van der Waals surface area contributed by atoms with Crippen LogP contribution in [0.25, 0.3) is 0 Å². The number of aliphatic hydroxyl groups is 1. The molecule has 1 unspecified atom stereocenters. The van der Waals surface area contributed by atoms with Crippen molar-refractivity contribution in [1.82, 2.24) is 14.7 Å². The molecule has 0 aliphatic rings. The third-order valence-electron chi connectivity index (χ3n) is 2.12. The third-order valence-corrected chi connectivity index (χ3v) is 2.73. The minimum Gasteiger partial charge on any atom is -0.385 e. The van der Waals surface area contributed by atoms with Gasteiger partial charge in [-0.15, -0.1) is 0 Å². The van der Waals surface area contributed by atoms with Crippen LogP contribution in [0.1, 0.15) is 25.1 Å². The van der Waals surface area contributed by atoms with Crippen molar-refractivity contribution in [3.8, 4) is 0 Å². The van der Waals surface area contributed by atoms with Gasteiger partial charge in [0.2, 0.25) is 0 Å². The van der Waals surface area contributed by atoms with Crippen molar-refractivity contribution >= 4 is 15.9 Å². The van der Waals surface area contributed by atoms with Gasteiger partial charge >= 0.3 is 0 Å². The van der Waals surface area contributed by atoms with Gasteiger partial charge in [-0.25, -0.2) is 0 Å². The molecule has 4 nitrogen and oxygen atoms in total. The Labute approximate surface area is 99.0 Å². The SMILES string of the molecule is CCCn1ncc(Br)c1C(O)CN(C)C. The van der Waals surface area contributed by atoms with E-state index in [1.807, 2.05) is 23.7 Å². The van der Waals surface area contributed by atoms with Gasteiger partial charge in [-0.1, -0.05) is 6.92 Å². The van der Waals surface area contributed by atoms with Crippen molar-refractivity contribution in [3.05, 3.63) is 16.4 Å². The van der Waals surface area contributed by atoms with Crippen LogP contribution in [0.15, 0.2) is 10.7 Å². The fourth-order valence-electron chi connectivity index (χ4n) is 1.53. The van der Waals surface area contributed by atoms with E-state index >= 15 is 0 Å². The van der Waals surface area contributed by atoms with Gasteiger partial charge < -0.3 is 10.0 Å². The molecule has 1 rings (SSSR count). The number of likely N-dealkylation sites (N-methyl/N-ethyl adjacent to an activating group) is 1. The summed E-state index contributed by atoms with van der Waals surface area (Å²) >= 11 is 3.42. The van der Waals surface area contributed by atoms with Gasteiger partial charge in [0.15, 0.2) is 0 Å². The molecule has 1 atom stereocenters. The average molecular weight is 276 g/mol. The maximum absolute atomic E-state index is 10.0. The lowest BCUT2D eigenvalue weighted by atomic mass is 10.2. The number of aromatic nitrogens is 2. The highest BCUT2D eigenvalue weighted by atomic mass is 79.9. The Hall–Kier alpha value is -0.390. The minimum atomic E-state index is -0.497. The van der Waals surface area contributed by atoms with Crippen molar-refractivity contribution < 1.29 is 5.11 Å². The van der Waals surface area contributed by atoms with Gasteiger partial charge in [0.1, 0.15) is 6.10 Å². The number of hydrogen-bond donors (Lipinski definition) is 1. The molecule has 0 saturated carbocycles. The molecular formula is C10H18BrN3O. The first-order valence-corrected chi connectivity index (χ1v) is 5.89. The lowest BCUT2D eigenvalue weighted by Crippen LogP contribution is -2.22. The van der Waals surface area contributed by atoms with Crippen molar-refractivity contribution in [2.24, 2.45) is 0 Å². The quantitative estimate of drug-likeness (QED) is 0.889.